The predicted molar refractivity (Wildman–Crippen MR) is 85.9 cm³/mol. The molecule has 0 radical (unpaired) electrons. The van der Waals surface area contributed by atoms with Gasteiger partial charge in [-0.2, -0.15) is 0 Å². The minimum absolute atomic E-state index is 0.130. The molecule has 0 bridgehead atoms. The zero-order chi connectivity index (χ0) is 13.1. The molecule has 0 nitrogen and oxygen atoms in total. The van der Waals surface area contributed by atoms with E-state index in [9.17, 15) is 4.39 Å². The predicted octanol–water partition coefficient (Wildman–Crippen LogP) is 5.76. The van der Waals surface area contributed by atoms with Crippen LogP contribution in [0.3, 0.4) is 0 Å². The fourth-order valence-electron chi connectivity index (χ4n) is 1.72. The molecule has 0 spiro atoms. The van der Waals surface area contributed by atoms with Crippen molar-refractivity contribution in [1.82, 2.24) is 0 Å². The van der Waals surface area contributed by atoms with Gasteiger partial charge in [-0.1, -0.05) is 51.8 Å². The molecule has 0 N–H and O–H groups in total. The summed E-state index contributed by atoms with van der Waals surface area (Å²) in [5.74, 6) is -0.208. The van der Waals surface area contributed by atoms with Crippen LogP contribution in [0.4, 0.5) is 4.39 Å². The van der Waals surface area contributed by atoms with Gasteiger partial charge in [-0.3, -0.25) is 0 Å². The second kappa shape index (κ2) is 6.35. The summed E-state index contributed by atoms with van der Waals surface area (Å²) in [6.45, 7) is 0. The Morgan fingerprint density at radius 3 is 2.61 bits per heavy atom. The Kier molecular flexibility index (Phi) is 5.04. The third kappa shape index (κ3) is 3.45. The van der Waals surface area contributed by atoms with Crippen LogP contribution < -0.4 is 0 Å². The molecule has 0 fully saturated rings. The minimum atomic E-state index is -0.208. The van der Waals surface area contributed by atoms with E-state index in [-0.39, 0.29) is 10.6 Å². The molecule has 2 aromatic rings. The molecule has 0 heterocycles. The zero-order valence-electron chi connectivity index (χ0n) is 9.34. The Morgan fingerprint density at radius 2 is 1.94 bits per heavy atom. The molecule has 2 rings (SSSR count). The SMILES string of the molecule is Fc1ccc(C(Br)Cc2ccccc2Cl)c(I)c1. The summed E-state index contributed by atoms with van der Waals surface area (Å²) in [6.07, 6.45) is 0.779. The van der Waals surface area contributed by atoms with Crippen LogP contribution in [0.1, 0.15) is 16.0 Å². The lowest BCUT2D eigenvalue weighted by Gasteiger charge is -2.13. The molecule has 0 aliphatic carbocycles. The fourth-order valence-corrected chi connectivity index (χ4v) is 3.96. The maximum absolute atomic E-state index is 13.1. The summed E-state index contributed by atoms with van der Waals surface area (Å²) in [5, 5.41) is 0.763. The Labute approximate surface area is 133 Å². The van der Waals surface area contributed by atoms with Gasteiger partial charge >= 0.3 is 0 Å². The smallest absolute Gasteiger partial charge is 0.124 e. The van der Waals surface area contributed by atoms with E-state index in [1.165, 1.54) is 12.1 Å². The van der Waals surface area contributed by atoms with Crippen molar-refractivity contribution in [3.8, 4) is 0 Å². The average Bonchev–Trinajstić information content (AvgIpc) is 2.32. The third-order valence-corrected chi connectivity index (χ3v) is 4.78. The van der Waals surface area contributed by atoms with Gasteiger partial charge in [0.2, 0.25) is 0 Å². The highest BCUT2D eigenvalue weighted by molar-refractivity contribution is 14.1. The van der Waals surface area contributed by atoms with Gasteiger partial charge in [-0.15, -0.1) is 0 Å². The number of benzene rings is 2. The highest BCUT2D eigenvalue weighted by Gasteiger charge is 2.13. The summed E-state index contributed by atoms with van der Waals surface area (Å²) in [5.41, 5.74) is 2.16. The van der Waals surface area contributed by atoms with E-state index >= 15 is 0 Å². The average molecular weight is 439 g/mol. The number of rotatable bonds is 3. The lowest BCUT2D eigenvalue weighted by molar-refractivity contribution is 0.625. The molecule has 2 aromatic carbocycles. The van der Waals surface area contributed by atoms with Crippen LogP contribution in [0.25, 0.3) is 0 Å². The second-order valence-electron chi connectivity index (χ2n) is 3.93. The summed E-state index contributed by atoms with van der Waals surface area (Å²) in [6, 6.07) is 12.6. The minimum Gasteiger partial charge on any atom is -0.207 e. The molecular weight excluding hydrogens is 429 g/mol. The van der Waals surface area contributed by atoms with E-state index in [2.05, 4.69) is 38.5 Å². The van der Waals surface area contributed by atoms with Crippen molar-refractivity contribution < 1.29 is 4.39 Å². The molecule has 0 aromatic heterocycles. The van der Waals surface area contributed by atoms with Crippen LogP contribution >= 0.6 is 50.1 Å². The van der Waals surface area contributed by atoms with Crippen LogP contribution in [0, 0.1) is 9.39 Å². The maximum atomic E-state index is 13.1. The Balaban J connectivity index is 2.22. The molecule has 0 saturated carbocycles. The topological polar surface area (TPSA) is 0 Å². The van der Waals surface area contributed by atoms with E-state index in [4.69, 9.17) is 11.6 Å². The number of alkyl halides is 1. The Morgan fingerprint density at radius 1 is 1.22 bits per heavy atom. The van der Waals surface area contributed by atoms with Crippen molar-refractivity contribution in [2.75, 3.05) is 0 Å². The first kappa shape index (κ1) is 14.3. The van der Waals surface area contributed by atoms with Crippen molar-refractivity contribution in [1.29, 1.82) is 0 Å². The van der Waals surface area contributed by atoms with Gasteiger partial charge in [-0.25, -0.2) is 4.39 Å². The van der Waals surface area contributed by atoms with E-state index in [1.54, 1.807) is 0 Å². The van der Waals surface area contributed by atoms with E-state index < -0.39 is 0 Å². The van der Waals surface area contributed by atoms with Gasteiger partial charge < -0.3 is 0 Å². The van der Waals surface area contributed by atoms with Gasteiger partial charge in [-0.05, 0) is 58.3 Å². The quantitative estimate of drug-likeness (QED) is 0.421. The molecule has 0 aliphatic rings. The van der Waals surface area contributed by atoms with Gasteiger partial charge in [0.1, 0.15) is 5.82 Å². The molecule has 94 valence electrons. The van der Waals surface area contributed by atoms with Crippen LogP contribution in [0.15, 0.2) is 42.5 Å². The molecule has 0 aliphatic heterocycles. The molecule has 1 atom stereocenters. The highest BCUT2D eigenvalue weighted by Crippen LogP contribution is 2.32. The molecule has 18 heavy (non-hydrogen) atoms. The van der Waals surface area contributed by atoms with E-state index in [1.807, 2.05) is 30.3 Å². The monoisotopic (exact) mass is 438 g/mol. The van der Waals surface area contributed by atoms with E-state index in [0.717, 1.165) is 26.1 Å². The van der Waals surface area contributed by atoms with Crippen LogP contribution in [-0.4, -0.2) is 0 Å². The van der Waals surface area contributed by atoms with Crippen molar-refractivity contribution in [2.45, 2.75) is 11.2 Å². The summed E-state index contributed by atoms with van der Waals surface area (Å²) in [7, 11) is 0. The number of hydrogen-bond acceptors (Lipinski definition) is 0. The van der Waals surface area contributed by atoms with E-state index in [0.29, 0.717) is 0 Å². The zero-order valence-corrected chi connectivity index (χ0v) is 13.8. The Bertz CT molecular complexity index is 559. The fraction of sp³-hybridized carbons (Fsp3) is 0.143. The normalized spacial score (nSPS) is 12.4. The van der Waals surface area contributed by atoms with Gasteiger partial charge in [0.25, 0.3) is 0 Å². The number of hydrogen-bond donors (Lipinski definition) is 0. The van der Waals surface area contributed by atoms with Crippen LogP contribution in [0.5, 0.6) is 0 Å². The summed E-state index contributed by atoms with van der Waals surface area (Å²) in [4.78, 5) is 0.130. The first-order valence-corrected chi connectivity index (χ1v) is 7.77. The summed E-state index contributed by atoms with van der Waals surface area (Å²) >= 11 is 11.9. The van der Waals surface area contributed by atoms with Gasteiger partial charge in [0.05, 0.1) is 0 Å². The van der Waals surface area contributed by atoms with Crippen LogP contribution in [0.2, 0.25) is 5.02 Å². The maximum Gasteiger partial charge on any atom is 0.124 e. The lowest BCUT2D eigenvalue weighted by atomic mass is 10.0. The first-order valence-electron chi connectivity index (χ1n) is 5.40. The third-order valence-electron chi connectivity index (χ3n) is 2.66. The Hall–Kier alpha value is -0.130. The van der Waals surface area contributed by atoms with Gasteiger partial charge in [0, 0.05) is 13.4 Å². The molecule has 0 amide bonds. The lowest BCUT2D eigenvalue weighted by Crippen LogP contribution is -1.99. The first-order chi connectivity index (χ1) is 8.58. The van der Waals surface area contributed by atoms with Crippen molar-refractivity contribution in [2.24, 2.45) is 0 Å². The molecule has 1 unspecified atom stereocenters. The van der Waals surface area contributed by atoms with Crippen molar-refractivity contribution in [3.05, 3.63) is 68.0 Å². The standard InChI is InChI=1S/C14H10BrClFI/c15-12(7-9-3-1-2-4-13(9)16)11-6-5-10(17)8-14(11)18/h1-6,8,12H,7H2. The molecule has 4 heteroatoms. The highest BCUT2D eigenvalue weighted by atomic mass is 127. The van der Waals surface area contributed by atoms with Gasteiger partial charge in [0.15, 0.2) is 0 Å². The molecular formula is C14H10BrClFI. The molecule has 0 saturated heterocycles. The van der Waals surface area contributed by atoms with Crippen LogP contribution in [-0.2, 0) is 6.42 Å². The largest absolute Gasteiger partial charge is 0.207 e. The summed E-state index contributed by atoms with van der Waals surface area (Å²) < 4.78 is 14.0. The van der Waals surface area contributed by atoms with Crippen molar-refractivity contribution in [3.63, 3.8) is 0 Å². The van der Waals surface area contributed by atoms with Crippen molar-refractivity contribution >= 4 is 50.1 Å². The number of halogens is 4. The second-order valence-corrected chi connectivity index (χ2v) is 6.60.